The first kappa shape index (κ1) is 14.6. The van der Waals surface area contributed by atoms with Crippen LogP contribution in [0.1, 0.15) is 24.5 Å². The fourth-order valence-electron chi connectivity index (χ4n) is 2.02. The minimum atomic E-state index is -0.315. The second-order valence-corrected chi connectivity index (χ2v) is 4.98. The second kappa shape index (κ2) is 7.07. The summed E-state index contributed by atoms with van der Waals surface area (Å²) in [7, 11) is 0. The molecule has 98 valence electrons. The van der Waals surface area contributed by atoms with Gasteiger partial charge in [-0.15, -0.1) is 0 Å². The third kappa shape index (κ3) is 4.80. The number of ketones is 1. The van der Waals surface area contributed by atoms with Gasteiger partial charge in [0.05, 0.1) is 6.04 Å². The second-order valence-electron chi connectivity index (χ2n) is 4.98. The number of rotatable bonds is 2. The van der Waals surface area contributed by atoms with Crippen LogP contribution in [-0.2, 0) is 9.59 Å². The van der Waals surface area contributed by atoms with Crippen molar-refractivity contribution in [1.82, 2.24) is 5.32 Å². The van der Waals surface area contributed by atoms with Gasteiger partial charge in [0.1, 0.15) is 0 Å². The topological polar surface area (TPSA) is 46.2 Å². The van der Waals surface area contributed by atoms with E-state index in [9.17, 15) is 9.59 Å². The Morgan fingerprint density at radius 1 is 1.33 bits per heavy atom. The summed E-state index contributed by atoms with van der Waals surface area (Å²) < 4.78 is 0. The van der Waals surface area contributed by atoms with Gasteiger partial charge in [-0.2, -0.15) is 0 Å². The molecule has 18 heavy (non-hydrogen) atoms. The molecule has 0 aliphatic carbocycles. The van der Waals surface area contributed by atoms with Gasteiger partial charge >= 0.3 is 0 Å². The number of carbonyl (C=O) groups is 2. The molecule has 1 aromatic carbocycles. The van der Waals surface area contributed by atoms with Gasteiger partial charge in [-0.25, -0.2) is 0 Å². The van der Waals surface area contributed by atoms with Crippen molar-refractivity contribution in [3.05, 3.63) is 35.4 Å². The lowest BCUT2D eigenvalue weighted by Gasteiger charge is -2.01. The monoisotopic (exact) mass is 247 g/mol. The van der Waals surface area contributed by atoms with Crippen molar-refractivity contribution < 1.29 is 9.59 Å². The first-order valence-electron chi connectivity index (χ1n) is 6.28. The highest BCUT2D eigenvalue weighted by Gasteiger charge is 2.25. The maximum atomic E-state index is 10.7. The molecule has 1 fully saturated rings. The summed E-state index contributed by atoms with van der Waals surface area (Å²) in [6.07, 6.45) is 1.20. The number of nitrogens with one attached hydrogen (secondary N) is 1. The Kier molecular flexibility index (Phi) is 5.72. The molecular formula is C15H21NO2. The Morgan fingerprint density at radius 3 is 2.28 bits per heavy atom. The molecule has 0 amide bonds. The number of hydrogen-bond donors (Lipinski definition) is 1. The van der Waals surface area contributed by atoms with E-state index in [0.29, 0.717) is 12.2 Å². The lowest BCUT2D eigenvalue weighted by molar-refractivity contribution is -0.131. The van der Waals surface area contributed by atoms with Crippen molar-refractivity contribution in [2.75, 3.05) is 6.54 Å². The number of carbonyl (C=O) groups excluding carboxylic acids is 2. The molecule has 0 spiro atoms. The Balaban J connectivity index is 0.000000184. The summed E-state index contributed by atoms with van der Waals surface area (Å²) in [5.41, 5.74) is 2.68. The average Bonchev–Trinajstić information content (AvgIpc) is 2.75. The standard InChI is InChI=1S/C8H10.C7H11NO2/c1-7-4-3-5-8(2)6-7;1-5-2-6(8-3-5)7(10)4-9/h3-6H,1-2H3;4-6,8H,2-3H2,1H3. The van der Waals surface area contributed by atoms with Gasteiger partial charge in [0, 0.05) is 0 Å². The highest BCUT2D eigenvalue weighted by atomic mass is 16.2. The van der Waals surface area contributed by atoms with Crippen LogP contribution in [0.2, 0.25) is 0 Å². The predicted molar refractivity (Wildman–Crippen MR) is 72.6 cm³/mol. The molecule has 1 aliphatic rings. The first-order chi connectivity index (χ1) is 8.52. The zero-order valence-corrected chi connectivity index (χ0v) is 11.3. The van der Waals surface area contributed by atoms with E-state index in [4.69, 9.17) is 0 Å². The Bertz CT molecular complexity index is 397. The first-order valence-corrected chi connectivity index (χ1v) is 6.28. The van der Waals surface area contributed by atoms with Crippen molar-refractivity contribution in [3.63, 3.8) is 0 Å². The fourth-order valence-corrected chi connectivity index (χ4v) is 2.02. The number of hydrogen-bond acceptors (Lipinski definition) is 3. The molecule has 0 aromatic heterocycles. The Labute approximate surface area is 109 Å². The molecule has 3 nitrogen and oxygen atoms in total. The van der Waals surface area contributed by atoms with Crippen LogP contribution < -0.4 is 5.32 Å². The zero-order valence-electron chi connectivity index (χ0n) is 11.3. The van der Waals surface area contributed by atoms with Gasteiger partial charge in [0.15, 0.2) is 6.29 Å². The van der Waals surface area contributed by atoms with Gasteiger partial charge in [-0.1, -0.05) is 42.3 Å². The zero-order chi connectivity index (χ0) is 13.5. The molecule has 2 unspecified atom stereocenters. The van der Waals surface area contributed by atoms with Gasteiger partial charge < -0.3 is 5.32 Å². The third-order valence-corrected chi connectivity index (χ3v) is 2.98. The van der Waals surface area contributed by atoms with E-state index >= 15 is 0 Å². The lowest BCUT2D eigenvalue weighted by Crippen LogP contribution is -2.31. The number of aldehydes is 1. The van der Waals surface area contributed by atoms with Crippen LogP contribution in [0.25, 0.3) is 0 Å². The van der Waals surface area contributed by atoms with Crippen molar-refractivity contribution in [2.45, 2.75) is 33.2 Å². The van der Waals surface area contributed by atoms with Crippen molar-refractivity contribution in [2.24, 2.45) is 5.92 Å². The van der Waals surface area contributed by atoms with Crippen LogP contribution in [-0.4, -0.2) is 24.7 Å². The molecule has 1 saturated heterocycles. The summed E-state index contributed by atoms with van der Waals surface area (Å²) in [6.45, 7) is 7.12. The van der Waals surface area contributed by atoms with Crippen LogP contribution in [0, 0.1) is 19.8 Å². The van der Waals surface area contributed by atoms with Crippen LogP contribution in [0.5, 0.6) is 0 Å². The van der Waals surface area contributed by atoms with Gasteiger partial charge in [0.25, 0.3) is 0 Å². The maximum Gasteiger partial charge on any atom is 0.212 e. The number of benzene rings is 1. The van der Waals surface area contributed by atoms with E-state index in [1.54, 1.807) is 0 Å². The summed E-state index contributed by atoms with van der Waals surface area (Å²) >= 11 is 0. The molecule has 0 radical (unpaired) electrons. The molecule has 2 rings (SSSR count). The molecule has 1 aromatic rings. The minimum absolute atomic E-state index is 0.201. The minimum Gasteiger partial charge on any atom is -0.307 e. The summed E-state index contributed by atoms with van der Waals surface area (Å²) in [6, 6.07) is 8.25. The van der Waals surface area contributed by atoms with Crippen molar-refractivity contribution >= 4 is 12.1 Å². The lowest BCUT2D eigenvalue weighted by atomic mass is 10.1. The molecule has 0 bridgehead atoms. The van der Waals surface area contributed by atoms with Crippen LogP contribution >= 0.6 is 0 Å². The van der Waals surface area contributed by atoms with Gasteiger partial charge in [-0.3, -0.25) is 9.59 Å². The van der Waals surface area contributed by atoms with Crippen molar-refractivity contribution in [1.29, 1.82) is 0 Å². The molecule has 2 atom stereocenters. The smallest absolute Gasteiger partial charge is 0.212 e. The molecule has 3 heteroatoms. The molecular weight excluding hydrogens is 226 g/mol. The summed E-state index contributed by atoms with van der Waals surface area (Å²) in [4.78, 5) is 20.7. The summed E-state index contributed by atoms with van der Waals surface area (Å²) in [5.74, 6) is 0.207. The quantitative estimate of drug-likeness (QED) is 0.642. The predicted octanol–water partition coefficient (Wildman–Crippen LogP) is 2.06. The van der Waals surface area contributed by atoms with Gasteiger partial charge in [0.2, 0.25) is 5.78 Å². The molecule has 1 heterocycles. The largest absolute Gasteiger partial charge is 0.307 e. The van der Waals surface area contributed by atoms with E-state index in [1.807, 2.05) is 0 Å². The van der Waals surface area contributed by atoms with Gasteiger partial charge in [-0.05, 0) is 32.7 Å². The average molecular weight is 247 g/mol. The van der Waals surface area contributed by atoms with E-state index < -0.39 is 0 Å². The Hall–Kier alpha value is -1.48. The van der Waals surface area contributed by atoms with E-state index in [-0.39, 0.29) is 11.8 Å². The molecule has 1 aliphatic heterocycles. The van der Waals surface area contributed by atoms with E-state index in [1.165, 1.54) is 11.1 Å². The Morgan fingerprint density at radius 2 is 1.94 bits per heavy atom. The third-order valence-electron chi connectivity index (χ3n) is 2.98. The maximum absolute atomic E-state index is 10.7. The highest BCUT2D eigenvalue weighted by Crippen LogP contribution is 2.12. The normalized spacial score (nSPS) is 21.9. The highest BCUT2D eigenvalue weighted by molar-refractivity contribution is 6.27. The number of Topliss-reactive ketones (excluding diaryl/α,β-unsaturated/α-hetero) is 1. The molecule has 1 N–H and O–H groups in total. The van der Waals surface area contributed by atoms with Crippen LogP contribution in [0.3, 0.4) is 0 Å². The SMILES string of the molecule is CC1CNC(C(=O)C=O)C1.Cc1cccc(C)c1. The van der Waals surface area contributed by atoms with E-state index in [0.717, 1.165) is 13.0 Å². The fraction of sp³-hybridized carbons (Fsp3) is 0.467. The van der Waals surface area contributed by atoms with Crippen molar-refractivity contribution in [3.8, 4) is 0 Å². The summed E-state index contributed by atoms with van der Waals surface area (Å²) in [5, 5.41) is 2.98. The van der Waals surface area contributed by atoms with E-state index in [2.05, 4.69) is 50.4 Å². The van der Waals surface area contributed by atoms with Crippen LogP contribution in [0.4, 0.5) is 0 Å². The molecule has 0 saturated carbocycles. The van der Waals surface area contributed by atoms with Crippen LogP contribution in [0.15, 0.2) is 24.3 Å². The number of aryl methyl sites for hydroxylation is 2.